The van der Waals surface area contributed by atoms with Crippen LogP contribution in [0.1, 0.15) is 5.56 Å². The van der Waals surface area contributed by atoms with Crippen molar-refractivity contribution in [3.63, 3.8) is 0 Å². The van der Waals surface area contributed by atoms with E-state index in [1.807, 2.05) is 30.5 Å². The molecule has 0 unspecified atom stereocenters. The smallest absolute Gasteiger partial charge is 0.175 e. The highest BCUT2D eigenvalue weighted by atomic mass is 79.9. The van der Waals surface area contributed by atoms with Gasteiger partial charge in [-0.1, -0.05) is 17.7 Å². The molecule has 0 amide bonds. The minimum atomic E-state index is 0.441. The minimum Gasteiger partial charge on any atom is -0.495 e. The summed E-state index contributed by atoms with van der Waals surface area (Å²) in [6.07, 6.45) is 0. The first kappa shape index (κ1) is 13.8. The Morgan fingerprint density at radius 3 is 2.80 bits per heavy atom. The van der Waals surface area contributed by atoms with Crippen LogP contribution in [0.5, 0.6) is 5.75 Å². The molecule has 0 aliphatic heterocycles. The second kappa shape index (κ2) is 5.31. The number of hydrogen-bond donors (Lipinski definition) is 0. The van der Waals surface area contributed by atoms with Gasteiger partial charge < -0.3 is 4.74 Å². The third-order valence-corrected chi connectivity index (χ3v) is 4.83. The van der Waals surface area contributed by atoms with Crippen molar-refractivity contribution in [1.29, 1.82) is 0 Å². The minimum absolute atomic E-state index is 0.441. The number of hydrogen-bond acceptors (Lipinski definition) is 4. The van der Waals surface area contributed by atoms with Crippen LogP contribution in [0.3, 0.4) is 0 Å². The molecule has 102 valence electrons. The summed E-state index contributed by atoms with van der Waals surface area (Å²) in [4.78, 5) is 9.95. The highest BCUT2D eigenvalue weighted by Gasteiger charge is 2.16. The van der Waals surface area contributed by atoms with Gasteiger partial charge in [-0.3, -0.25) is 0 Å². The quantitative estimate of drug-likeness (QED) is 0.590. The van der Waals surface area contributed by atoms with Gasteiger partial charge in [0.2, 0.25) is 0 Å². The molecule has 0 spiro atoms. The fourth-order valence-electron chi connectivity index (χ4n) is 2.01. The van der Waals surface area contributed by atoms with Crippen molar-refractivity contribution in [2.24, 2.45) is 0 Å². The molecule has 0 aliphatic carbocycles. The zero-order valence-corrected chi connectivity index (χ0v) is 13.9. The van der Waals surface area contributed by atoms with Gasteiger partial charge in [0.15, 0.2) is 5.82 Å². The van der Waals surface area contributed by atoms with E-state index >= 15 is 0 Å². The van der Waals surface area contributed by atoms with Crippen molar-refractivity contribution < 1.29 is 4.74 Å². The normalized spacial score (nSPS) is 11.0. The highest BCUT2D eigenvalue weighted by molar-refractivity contribution is 9.10. The summed E-state index contributed by atoms with van der Waals surface area (Å²) in [6, 6.07) is 5.86. The van der Waals surface area contributed by atoms with E-state index in [0.717, 1.165) is 31.6 Å². The number of benzene rings is 1. The van der Waals surface area contributed by atoms with Crippen molar-refractivity contribution in [2.45, 2.75) is 6.92 Å². The van der Waals surface area contributed by atoms with Crippen LogP contribution in [0.4, 0.5) is 0 Å². The maximum absolute atomic E-state index is 6.33. The number of ether oxygens (including phenoxy) is 1. The summed E-state index contributed by atoms with van der Waals surface area (Å²) in [6.45, 7) is 2.01. The van der Waals surface area contributed by atoms with Gasteiger partial charge in [-0.2, -0.15) is 0 Å². The third-order valence-electron chi connectivity index (χ3n) is 3.01. The lowest BCUT2D eigenvalue weighted by atomic mass is 10.1. The number of thiophene rings is 1. The van der Waals surface area contributed by atoms with Crippen molar-refractivity contribution in [3.05, 3.63) is 38.8 Å². The van der Waals surface area contributed by atoms with E-state index in [4.69, 9.17) is 16.3 Å². The molecule has 1 aromatic carbocycles. The Morgan fingerprint density at radius 2 is 2.05 bits per heavy atom. The summed E-state index contributed by atoms with van der Waals surface area (Å²) in [5, 5.41) is 3.23. The van der Waals surface area contributed by atoms with Gasteiger partial charge in [0.1, 0.15) is 15.8 Å². The predicted octanol–water partition coefficient (Wildman–Crippen LogP) is 5.09. The van der Waals surface area contributed by atoms with Crippen LogP contribution in [0.2, 0.25) is 5.15 Å². The van der Waals surface area contributed by atoms with E-state index in [0.29, 0.717) is 11.0 Å². The Bertz CT molecular complexity index is 803. The molecule has 6 heteroatoms. The van der Waals surface area contributed by atoms with Crippen LogP contribution in [0.15, 0.2) is 28.1 Å². The van der Waals surface area contributed by atoms with Crippen LogP contribution in [-0.2, 0) is 0 Å². The van der Waals surface area contributed by atoms with Gasteiger partial charge in [-0.15, -0.1) is 11.3 Å². The van der Waals surface area contributed by atoms with Crippen molar-refractivity contribution in [2.75, 3.05) is 7.11 Å². The van der Waals surface area contributed by atoms with E-state index in [1.54, 1.807) is 7.11 Å². The summed E-state index contributed by atoms with van der Waals surface area (Å²) in [5.41, 5.74) is 1.91. The predicted molar refractivity (Wildman–Crippen MR) is 86.9 cm³/mol. The lowest BCUT2D eigenvalue weighted by Crippen LogP contribution is -1.94. The van der Waals surface area contributed by atoms with Crippen LogP contribution < -0.4 is 4.74 Å². The molecule has 3 rings (SSSR count). The molecule has 2 heterocycles. The van der Waals surface area contributed by atoms with E-state index in [-0.39, 0.29) is 0 Å². The van der Waals surface area contributed by atoms with Gasteiger partial charge >= 0.3 is 0 Å². The summed E-state index contributed by atoms with van der Waals surface area (Å²) >= 11 is 11.4. The molecule has 0 bridgehead atoms. The van der Waals surface area contributed by atoms with Crippen LogP contribution in [0, 0.1) is 6.92 Å². The number of rotatable bonds is 2. The van der Waals surface area contributed by atoms with E-state index in [2.05, 4.69) is 25.9 Å². The lowest BCUT2D eigenvalue weighted by Gasteiger charge is -2.08. The Hall–Kier alpha value is -1.17. The Labute approximate surface area is 133 Å². The van der Waals surface area contributed by atoms with Crippen molar-refractivity contribution >= 4 is 49.8 Å². The number of aromatic nitrogens is 2. The number of fused-ring (bicyclic) bond motifs is 1. The zero-order chi connectivity index (χ0) is 14.3. The monoisotopic (exact) mass is 368 g/mol. The van der Waals surface area contributed by atoms with Crippen molar-refractivity contribution in [3.8, 4) is 16.5 Å². The first-order valence-corrected chi connectivity index (χ1v) is 7.91. The molecule has 0 radical (unpaired) electrons. The first-order valence-electron chi connectivity index (χ1n) is 5.86. The second-order valence-corrected chi connectivity index (χ2v) is 6.37. The topological polar surface area (TPSA) is 35.0 Å². The summed E-state index contributed by atoms with van der Waals surface area (Å²) in [5.74, 6) is 1.36. The van der Waals surface area contributed by atoms with E-state index < -0.39 is 0 Å². The molecular weight excluding hydrogens is 360 g/mol. The summed E-state index contributed by atoms with van der Waals surface area (Å²) < 4.78 is 6.22. The van der Waals surface area contributed by atoms with Crippen LogP contribution in [-0.4, -0.2) is 17.1 Å². The third kappa shape index (κ3) is 2.20. The van der Waals surface area contributed by atoms with Gasteiger partial charge in [-0.25, -0.2) is 9.97 Å². The fourth-order valence-corrected chi connectivity index (χ4v) is 3.70. The molecule has 0 atom stereocenters. The molecule has 3 aromatic rings. The van der Waals surface area contributed by atoms with E-state index in [9.17, 15) is 0 Å². The summed E-state index contributed by atoms with van der Waals surface area (Å²) in [7, 11) is 1.63. The average molecular weight is 370 g/mol. The first-order chi connectivity index (χ1) is 9.61. The standard InChI is InChI=1S/C14H10BrClN2OS/c1-7-3-4-8(15)10-11(7)17-14(18-13(10)16)12-9(19-2)5-6-20-12/h3-6H,1-2H3. The number of aryl methyl sites for hydroxylation is 1. The molecule has 0 N–H and O–H groups in total. The van der Waals surface area contributed by atoms with Crippen LogP contribution in [0.25, 0.3) is 21.6 Å². The number of halogens is 2. The molecule has 0 saturated carbocycles. The SMILES string of the molecule is COc1ccsc1-c1nc(Cl)c2c(Br)ccc(C)c2n1. The molecule has 0 saturated heterocycles. The van der Waals surface area contributed by atoms with Crippen molar-refractivity contribution in [1.82, 2.24) is 9.97 Å². The van der Waals surface area contributed by atoms with Gasteiger partial charge in [0.05, 0.1) is 18.0 Å². The molecule has 0 fully saturated rings. The Kier molecular flexibility index (Phi) is 3.67. The number of methoxy groups -OCH3 is 1. The Morgan fingerprint density at radius 1 is 1.25 bits per heavy atom. The average Bonchev–Trinajstić information content (AvgIpc) is 2.91. The molecule has 2 aromatic heterocycles. The maximum Gasteiger partial charge on any atom is 0.175 e. The molecule has 20 heavy (non-hydrogen) atoms. The fraction of sp³-hybridized carbons (Fsp3) is 0.143. The molecular formula is C14H10BrClN2OS. The van der Waals surface area contributed by atoms with Crippen LogP contribution >= 0.6 is 38.9 Å². The zero-order valence-electron chi connectivity index (χ0n) is 10.8. The van der Waals surface area contributed by atoms with Gasteiger partial charge in [0, 0.05) is 4.47 Å². The second-order valence-electron chi connectivity index (χ2n) is 4.24. The largest absolute Gasteiger partial charge is 0.495 e. The van der Waals surface area contributed by atoms with Gasteiger partial charge in [-0.05, 0) is 45.9 Å². The molecule has 3 nitrogen and oxygen atoms in total. The lowest BCUT2D eigenvalue weighted by molar-refractivity contribution is 0.418. The van der Waals surface area contributed by atoms with E-state index in [1.165, 1.54) is 11.3 Å². The highest BCUT2D eigenvalue weighted by Crippen LogP contribution is 2.37. The molecule has 0 aliphatic rings. The maximum atomic E-state index is 6.33. The number of nitrogens with zero attached hydrogens (tertiary/aromatic N) is 2. The van der Waals surface area contributed by atoms with Gasteiger partial charge in [0.25, 0.3) is 0 Å². The Balaban J connectivity index is 2.32.